The normalized spacial score (nSPS) is 20.7. The van der Waals surface area contributed by atoms with Crippen LogP contribution in [0.5, 0.6) is 0 Å². The fraction of sp³-hybridized carbons (Fsp3) is 0.381. The summed E-state index contributed by atoms with van der Waals surface area (Å²) in [7, 11) is 0. The lowest BCUT2D eigenvalue weighted by atomic mass is 9.78. The molecule has 0 aliphatic carbocycles. The van der Waals surface area contributed by atoms with Gasteiger partial charge in [-0.15, -0.1) is 0 Å². The van der Waals surface area contributed by atoms with E-state index in [9.17, 15) is 14.4 Å². The predicted octanol–water partition coefficient (Wildman–Crippen LogP) is 2.61. The second kappa shape index (κ2) is 7.88. The van der Waals surface area contributed by atoms with Crippen molar-refractivity contribution in [1.29, 1.82) is 0 Å². The van der Waals surface area contributed by atoms with Gasteiger partial charge in [-0.05, 0) is 35.1 Å². The number of fused-ring (bicyclic) bond motifs is 1. The number of nitrogens with two attached hydrogens (primary N) is 1. The van der Waals surface area contributed by atoms with Gasteiger partial charge in [-0.1, -0.05) is 44.7 Å². The summed E-state index contributed by atoms with van der Waals surface area (Å²) >= 11 is 0. The maximum absolute atomic E-state index is 12.7. The van der Waals surface area contributed by atoms with E-state index >= 15 is 0 Å². The van der Waals surface area contributed by atoms with Gasteiger partial charge in [0.05, 0.1) is 12.0 Å². The summed E-state index contributed by atoms with van der Waals surface area (Å²) in [5, 5.41) is 0. The average Bonchev–Trinajstić information content (AvgIpc) is 2.99. The van der Waals surface area contributed by atoms with E-state index in [2.05, 4.69) is 6.58 Å². The quantitative estimate of drug-likeness (QED) is 0.443. The molecule has 1 fully saturated rings. The van der Waals surface area contributed by atoms with E-state index in [1.807, 2.05) is 32.0 Å². The lowest BCUT2D eigenvalue weighted by Gasteiger charge is -2.45. The van der Waals surface area contributed by atoms with Crippen LogP contribution in [0.25, 0.3) is 5.57 Å². The maximum atomic E-state index is 12.7. The number of esters is 1. The van der Waals surface area contributed by atoms with Crippen LogP contribution < -0.4 is 5.73 Å². The fourth-order valence-electron chi connectivity index (χ4n) is 3.92. The summed E-state index contributed by atoms with van der Waals surface area (Å²) in [4.78, 5) is 37.8. The first kappa shape index (κ1) is 19.7. The van der Waals surface area contributed by atoms with Crippen LogP contribution in [0, 0.1) is 11.8 Å². The third kappa shape index (κ3) is 3.52. The molecule has 0 aromatic heterocycles. The molecule has 2 aliphatic rings. The summed E-state index contributed by atoms with van der Waals surface area (Å²) < 4.78 is 10.1. The number of rotatable bonds is 7. The molecule has 2 heterocycles. The van der Waals surface area contributed by atoms with Crippen molar-refractivity contribution in [2.24, 2.45) is 17.6 Å². The Labute approximate surface area is 163 Å². The van der Waals surface area contributed by atoms with Gasteiger partial charge in [0.25, 0.3) is 0 Å². The number of carbonyl (C=O) groups is 3. The van der Waals surface area contributed by atoms with E-state index in [0.717, 1.165) is 16.7 Å². The minimum atomic E-state index is -0.853. The van der Waals surface area contributed by atoms with Gasteiger partial charge in [0.15, 0.2) is 0 Å². The molecule has 1 aromatic rings. The molecule has 1 aromatic carbocycles. The first-order valence-electron chi connectivity index (χ1n) is 9.21. The summed E-state index contributed by atoms with van der Waals surface area (Å²) in [6.07, 6.45) is 1.21. The smallest absolute Gasteiger partial charge is 0.404 e. The third-order valence-corrected chi connectivity index (χ3v) is 5.11. The molecule has 7 nitrogen and oxygen atoms in total. The first-order valence-corrected chi connectivity index (χ1v) is 9.21. The van der Waals surface area contributed by atoms with E-state index in [-0.39, 0.29) is 37.0 Å². The van der Waals surface area contributed by atoms with Crippen LogP contribution >= 0.6 is 0 Å². The molecule has 7 heteroatoms. The van der Waals surface area contributed by atoms with Crippen molar-refractivity contribution in [2.75, 3.05) is 6.61 Å². The molecule has 28 heavy (non-hydrogen) atoms. The van der Waals surface area contributed by atoms with Crippen molar-refractivity contribution < 1.29 is 23.9 Å². The SMILES string of the molecule is C=CCOC(=O)C1=C(c2cccc(COC(N)=O)c2)C[C@@H]2[C@@H](C(C)C)C(=O)N12. The van der Waals surface area contributed by atoms with Gasteiger partial charge >= 0.3 is 12.1 Å². The molecule has 0 saturated carbocycles. The Morgan fingerprint density at radius 1 is 1.36 bits per heavy atom. The summed E-state index contributed by atoms with van der Waals surface area (Å²) in [5.41, 5.74) is 7.61. The number of amides is 2. The van der Waals surface area contributed by atoms with Crippen LogP contribution in [-0.4, -0.2) is 35.5 Å². The van der Waals surface area contributed by atoms with E-state index in [1.165, 1.54) is 6.08 Å². The van der Waals surface area contributed by atoms with Crippen LogP contribution in [0.2, 0.25) is 0 Å². The van der Waals surface area contributed by atoms with Gasteiger partial charge in [-0.25, -0.2) is 9.59 Å². The molecule has 0 bridgehead atoms. The minimum absolute atomic E-state index is 0.0351. The Hall–Kier alpha value is -3.09. The highest BCUT2D eigenvalue weighted by atomic mass is 16.5. The molecular formula is C21H24N2O5. The third-order valence-electron chi connectivity index (χ3n) is 5.11. The number of hydrogen-bond donors (Lipinski definition) is 1. The van der Waals surface area contributed by atoms with Crippen molar-refractivity contribution in [3.8, 4) is 0 Å². The summed E-state index contributed by atoms with van der Waals surface area (Å²) in [6.45, 7) is 7.68. The molecule has 3 rings (SSSR count). The predicted molar refractivity (Wildman–Crippen MR) is 102 cm³/mol. The van der Waals surface area contributed by atoms with Crippen LogP contribution in [-0.2, 0) is 25.7 Å². The molecule has 148 valence electrons. The zero-order valence-electron chi connectivity index (χ0n) is 16.0. The van der Waals surface area contributed by atoms with Gasteiger partial charge in [0.1, 0.15) is 18.9 Å². The average molecular weight is 384 g/mol. The highest BCUT2D eigenvalue weighted by Gasteiger charge is 2.56. The fourth-order valence-corrected chi connectivity index (χ4v) is 3.92. The Bertz CT molecular complexity index is 858. The molecule has 2 N–H and O–H groups in total. The Morgan fingerprint density at radius 3 is 2.75 bits per heavy atom. The van der Waals surface area contributed by atoms with Crippen molar-refractivity contribution in [1.82, 2.24) is 4.90 Å². The van der Waals surface area contributed by atoms with Crippen LogP contribution in [0.3, 0.4) is 0 Å². The van der Waals surface area contributed by atoms with Crippen molar-refractivity contribution in [2.45, 2.75) is 32.9 Å². The Balaban J connectivity index is 1.96. The van der Waals surface area contributed by atoms with Gasteiger partial charge < -0.3 is 20.1 Å². The Kier molecular flexibility index (Phi) is 5.53. The van der Waals surface area contributed by atoms with Crippen LogP contribution in [0.4, 0.5) is 4.79 Å². The first-order chi connectivity index (χ1) is 13.3. The number of primary amides is 1. The molecule has 1 saturated heterocycles. The second-order valence-electron chi connectivity index (χ2n) is 7.27. The van der Waals surface area contributed by atoms with E-state index in [0.29, 0.717) is 12.1 Å². The molecule has 2 atom stereocenters. The van der Waals surface area contributed by atoms with Gasteiger partial charge in [0.2, 0.25) is 5.91 Å². The number of ether oxygens (including phenoxy) is 2. The van der Waals surface area contributed by atoms with E-state index in [4.69, 9.17) is 15.2 Å². The molecule has 0 unspecified atom stereocenters. The van der Waals surface area contributed by atoms with Crippen molar-refractivity contribution in [3.05, 3.63) is 53.7 Å². The highest BCUT2D eigenvalue weighted by Crippen LogP contribution is 2.48. The Morgan fingerprint density at radius 2 is 2.11 bits per heavy atom. The zero-order valence-corrected chi connectivity index (χ0v) is 16.0. The zero-order chi connectivity index (χ0) is 20.4. The van der Waals surface area contributed by atoms with Gasteiger partial charge in [-0.2, -0.15) is 0 Å². The van der Waals surface area contributed by atoms with Crippen LogP contribution in [0.1, 0.15) is 31.4 Å². The largest absolute Gasteiger partial charge is 0.457 e. The monoisotopic (exact) mass is 384 g/mol. The highest BCUT2D eigenvalue weighted by molar-refractivity contribution is 6.06. The topological polar surface area (TPSA) is 98.9 Å². The van der Waals surface area contributed by atoms with E-state index < -0.39 is 12.1 Å². The number of hydrogen-bond acceptors (Lipinski definition) is 5. The van der Waals surface area contributed by atoms with E-state index in [1.54, 1.807) is 11.0 Å². The number of benzene rings is 1. The lowest BCUT2D eigenvalue weighted by Crippen LogP contribution is -2.60. The molecule has 0 spiro atoms. The molecule has 2 amide bonds. The number of nitrogens with zero attached hydrogens (tertiary/aromatic N) is 1. The molecular weight excluding hydrogens is 360 g/mol. The second-order valence-corrected chi connectivity index (χ2v) is 7.27. The number of carbonyl (C=O) groups excluding carboxylic acids is 3. The van der Waals surface area contributed by atoms with Gasteiger partial charge in [-0.3, -0.25) is 4.79 Å². The molecule has 2 aliphatic heterocycles. The summed E-state index contributed by atoms with van der Waals surface area (Å²) in [5.74, 6) is -0.504. The lowest BCUT2D eigenvalue weighted by molar-refractivity contribution is -0.158. The van der Waals surface area contributed by atoms with Crippen LogP contribution in [0.15, 0.2) is 42.6 Å². The maximum Gasteiger partial charge on any atom is 0.404 e. The summed E-state index contributed by atoms with van der Waals surface area (Å²) in [6, 6.07) is 7.27. The minimum Gasteiger partial charge on any atom is -0.457 e. The number of β-lactam (4-membered cyclic amide) rings is 1. The van der Waals surface area contributed by atoms with Crippen molar-refractivity contribution in [3.63, 3.8) is 0 Å². The molecule has 0 radical (unpaired) electrons. The van der Waals surface area contributed by atoms with Crippen molar-refractivity contribution >= 4 is 23.5 Å². The van der Waals surface area contributed by atoms with Gasteiger partial charge in [0, 0.05) is 0 Å². The standard InChI is InChI=1S/C21H24N2O5/c1-4-8-27-20(25)18-15(10-16-17(12(2)3)19(24)23(16)18)14-7-5-6-13(9-14)11-28-21(22)26/h4-7,9,12,16-17H,1,8,10-11H2,2-3H3,(H2,22,26)/t16-,17-/m1/s1.